The average Bonchev–Trinajstić information content (AvgIpc) is 2.83. The maximum Gasteiger partial charge on any atom is 0.324 e. The van der Waals surface area contributed by atoms with Crippen molar-refractivity contribution in [2.45, 2.75) is 6.04 Å². The molecule has 2 aliphatic heterocycles. The predicted molar refractivity (Wildman–Crippen MR) is 67.5 cm³/mol. The molecule has 0 saturated carbocycles. The Balaban J connectivity index is 1.91. The van der Waals surface area contributed by atoms with Gasteiger partial charge >= 0.3 is 5.82 Å². The SMILES string of the molecule is O=[N+]([O-])C1=CC=CC2=N[C@H](c3ccccc3)CN12. The van der Waals surface area contributed by atoms with E-state index in [2.05, 4.69) is 4.99 Å². The molecule has 90 valence electrons. The van der Waals surface area contributed by atoms with Gasteiger partial charge in [0.25, 0.3) is 0 Å². The maximum atomic E-state index is 10.9. The summed E-state index contributed by atoms with van der Waals surface area (Å²) in [7, 11) is 0. The Hall–Kier alpha value is -2.43. The molecule has 0 unspecified atom stereocenters. The molecule has 0 fully saturated rings. The van der Waals surface area contributed by atoms with Gasteiger partial charge in [-0.1, -0.05) is 30.3 Å². The zero-order chi connectivity index (χ0) is 12.5. The van der Waals surface area contributed by atoms with E-state index in [1.807, 2.05) is 30.3 Å². The normalized spacial score (nSPS) is 21.3. The first-order valence-corrected chi connectivity index (χ1v) is 5.69. The van der Waals surface area contributed by atoms with E-state index in [0.29, 0.717) is 12.4 Å². The monoisotopic (exact) mass is 241 g/mol. The topological polar surface area (TPSA) is 58.7 Å². The first kappa shape index (κ1) is 10.7. The number of hydrogen-bond donors (Lipinski definition) is 0. The van der Waals surface area contributed by atoms with Crippen LogP contribution in [0.25, 0.3) is 0 Å². The van der Waals surface area contributed by atoms with E-state index in [9.17, 15) is 10.1 Å². The highest BCUT2D eigenvalue weighted by Gasteiger charge is 2.36. The van der Waals surface area contributed by atoms with Crippen LogP contribution < -0.4 is 0 Å². The predicted octanol–water partition coefficient (Wildman–Crippen LogP) is 2.13. The Morgan fingerprint density at radius 3 is 2.83 bits per heavy atom. The molecule has 2 aliphatic rings. The van der Waals surface area contributed by atoms with Crippen LogP contribution in [0.15, 0.2) is 59.4 Å². The third-order valence-electron chi connectivity index (χ3n) is 3.06. The number of amidine groups is 1. The van der Waals surface area contributed by atoms with Gasteiger partial charge in [-0.15, -0.1) is 0 Å². The van der Waals surface area contributed by atoms with Gasteiger partial charge in [0.15, 0.2) is 0 Å². The second-order valence-corrected chi connectivity index (χ2v) is 4.17. The van der Waals surface area contributed by atoms with Crippen LogP contribution in [0, 0.1) is 10.1 Å². The number of nitro groups is 1. The third-order valence-corrected chi connectivity index (χ3v) is 3.06. The first-order chi connectivity index (χ1) is 8.75. The fourth-order valence-electron chi connectivity index (χ4n) is 2.21. The summed E-state index contributed by atoms with van der Waals surface area (Å²) in [5.74, 6) is 0.757. The molecule has 3 rings (SSSR count). The molecule has 0 aromatic heterocycles. The lowest BCUT2D eigenvalue weighted by atomic mass is 10.1. The van der Waals surface area contributed by atoms with Crippen molar-refractivity contribution in [1.29, 1.82) is 0 Å². The molecule has 0 spiro atoms. The van der Waals surface area contributed by atoms with E-state index >= 15 is 0 Å². The van der Waals surface area contributed by atoms with Crippen molar-refractivity contribution < 1.29 is 4.92 Å². The summed E-state index contributed by atoms with van der Waals surface area (Å²) in [4.78, 5) is 16.8. The highest BCUT2D eigenvalue weighted by Crippen LogP contribution is 2.29. The first-order valence-electron chi connectivity index (χ1n) is 5.69. The molecule has 2 heterocycles. The molecule has 5 heteroatoms. The van der Waals surface area contributed by atoms with Gasteiger partial charge in [-0.2, -0.15) is 0 Å². The van der Waals surface area contributed by atoms with E-state index in [1.54, 1.807) is 17.1 Å². The van der Waals surface area contributed by atoms with Crippen molar-refractivity contribution in [2.24, 2.45) is 4.99 Å². The summed E-state index contributed by atoms with van der Waals surface area (Å²) in [6.07, 6.45) is 4.98. The summed E-state index contributed by atoms with van der Waals surface area (Å²) in [6.45, 7) is 0.524. The Morgan fingerprint density at radius 2 is 2.11 bits per heavy atom. The number of allylic oxidation sites excluding steroid dienone is 2. The molecule has 1 atom stereocenters. The van der Waals surface area contributed by atoms with Crippen molar-refractivity contribution in [2.75, 3.05) is 6.54 Å². The van der Waals surface area contributed by atoms with Gasteiger partial charge in [0.2, 0.25) is 5.84 Å². The molecule has 0 amide bonds. The highest BCUT2D eigenvalue weighted by atomic mass is 16.6. The summed E-state index contributed by atoms with van der Waals surface area (Å²) in [5.41, 5.74) is 1.08. The maximum absolute atomic E-state index is 10.9. The summed E-state index contributed by atoms with van der Waals surface area (Å²) in [6, 6.07) is 9.80. The molecule has 5 nitrogen and oxygen atoms in total. The largest absolute Gasteiger partial charge is 0.358 e. The molecule has 0 bridgehead atoms. The lowest BCUT2D eigenvalue weighted by molar-refractivity contribution is -0.441. The molecule has 0 N–H and O–H groups in total. The van der Waals surface area contributed by atoms with Gasteiger partial charge in [-0.25, -0.2) is 9.89 Å². The molecule has 1 aromatic rings. The van der Waals surface area contributed by atoms with Gasteiger partial charge in [-0.05, 0) is 16.6 Å². The van der Waals surface area contributed by atoms with E-state index < -0.39 is 0 Å². The van der Waals surface area contributed by atoms with E-state index in [4.69, 9.17) is 0 Å². The lowest BCUT2D eigenvalue weighted by Crippen LogP contribution is -2.31. The smallest absolute Gasteiger partial charge is 0.324 e. The second-order valence-electron chi connectivity index (χ2n) is 4.17. The molecule has 1 aromatic carbocycles. The molecule has 0 aliphatic carbocycles. The van der Waals surface area contributed by atoms with Crippen molar-refractivity contribution in [1.82, 2.24) is 4.90 Å². The third kappa shape index (κ3) is 1.69. The number of nitrogens with zero attached hydrogens (tertiary/aromatic N) is 3. The van der Waals surface area contributed by atoms with Crippen LogP contribution in [0.4, 0.5) is 0 Å². The van der Waals surface area contributed by atoms with Gasteiger partial charge in [0, 0.05) is 12.2 Å². The Bertz CT molecular complexity index is 575. The van der Waals surface area contributed by atoms with Crippen LogP contribution in [-0.2, 0) is 0 Å². The molecule has 0 radical (unpaired) electrons. The van der Waals surface area contributed by atoms with Crippen molar-refractivity contribution in [3.05, 3.63) is 70.1 Å². The molecular formula is C13H11N3O2. The van der Waals surface area contributed by atoms with E-state index in [1.165, 1.54) is 6.08 Å². The number of fused-ring (bicyclic) bond motifs is 1. The summed E-state index contributed by atoms with van der Waals surface area (Å²) >= 11 is 0. The average molecular weight is 241 g/mol. The van der Waals surface area contributed by atoms with Gasteiger partial charge in [0.05, 0.1) is 0 Å². The standard InChI is InChI=1S/C13H11N3O2/c17-16(18)13-8-4-7-12-14-11(9-15(12)13)10-5-2-1-3-6-10/h1-8,11H,9H2/t11-/m0/s1. The Kier molecular flexibility index (Phi) is 2.44. The number of aliphatic imine (C=N–C) groups is 1. The van der Waals surface area contributed by atoms with Crippen molar-refractivity contribution >= 4 is 5.84 Å². The minimum atomic E-state index is -0.369. The number of benzene rings is 1. The Morgan fingerprint density at radius 1 is 1.33 bits per heavy atom. The van der Waals surface area contributed by atoms with Crippen LogP contribution in [0.5, 0.6) is 0 Å². The number of hydrogen-bond acceptors (Lipinski definition) is 4. The van der Waals surface area contributed by atoms with E-state index in [-0.39, 0.29) is 16.8 Å². The van der Waals surface area contributed by atoms with Crippen LogP contribution >= 0.6 is 0 Å². The Labute approximate surface area is 104 Å². The van der Waals surface area contributed by atoms with Crippen molar-refractivity contribution in [3.63, 3.8) is 0 Å². The molecule has 18 heavy (non-hydrogen) atoms. The van der Waals surface area contributed by atoms with Crippen LogP contribution in [0.3, 0.4) is 0 Å². The summed E-state index contributed by atoms with van der Waals surface area (Å²) in [5, 5.41) is 10.9. The number of rotatable bonds is 2. The van der Waals surface area contributed by atoms with Crippen molar-refractivity contribution in [3.8, 4) is 0 Å². The van der Waals surface area contributed by atoms with Gasteiger partial charge in [-0.3, -0.25) is 0 Å². The van der Waals surface area contributed by atoms with Crippen LogP contribution in [0.2, 0.25) is 0 Å². The fraction of sp³-hybridized carbons (Fsp3) is 0.154. The fourth-order valence-corrected chi connectivity index (χ4v) is 2.21. The molecular weight excluding hydrogens is 230 g/mol. The van der Waals surface area contributed by atoms with Gasteiger partial charge < -0.3 is 10.1 Å². The summed E-state index contributed by atoms with van der Waals surface area (Å²) < 4.78 is 0. The zero-order valence-electron chi connectivity index (χ0n) is 9.56. The second kappa shape index (κ2) is 4.10. The lowest BCUT2D eigenvalue weighted by Gasteiger charge is -2.15. The van der Waals surface area contributed by atoms with Gasteiger partial charge in [0.1, 0.15) is 12.6 Å². The molecule has 0 saturated heterocycles. The zero-order valence-corrected chi connectivity index (χ0v) is 9.56. The van der Waals surface area contributed by atoms with Crippen LogP contribution in [0.1, 0.15) is 11.6 Å². The van der Waals surface area contributed by atoms with Crippen LogP contribution in [-0.4, -0.2) is 22.2 Å². The minimum absolute atomic E-state index is 0.0349. The minimum Gasteiger partial charge on any atom is -0.358 e. The van der Waals surface area contributed by atoms with E-state index in [0.717, 1.165) is 5.56 Å². The highest BCUT2D eigenvalue weighted by molar-refractivity contribution is 5.96. The quantitative estimate of drug-likeness (QED) is 0.588.